The van der Waals surface area contributed by atoms with Gasteiger partial charge in [-0.2, -0.15) is 0 Å². The van der Waals surface area contributed by atoms with E-state index in [1.807, 2.05) is 36.3 Å². The normalized spacial score (nSPS) is 10.8. The maximum atomic E-state index is 5.46. The van der Waals surface area contributed by atoms with Gasteiger partial charge in [-0.15, -0.1) is 35.3 Å². The third kappa shape index (κ3) is 6.03. The molecular formula is C17H25IN4O2S. The number of aromatic nitrogens is 1. The standard InChI is InChI=1S/C17H24N4O2S.HI/c1-12-9-19-16(24-12)10-20-17(18-2)21(3)11-13-6-7-14(22-4)8-15(13)23-5;/h6-9H,10-11H2,1-5H3,(H,18,20);1H. The van der Waals surface area contributed by atoms with E-state index < -0.39 is 0 Å². The third-order valence-electron chi connectivity index (χ3n) is 3.54. The van der Waals surface area contributed by atoms with E-state index in [9.17, 15) is 0 Å². The van der Waals surface area contributed by atoms with Gasteiger partial charge < -0.3 is 19.7 Å². The number of nitrogens with zero attached hydrogens (tertiary/aromatic N) is 3. The number of rotatable bonds is 6. The lowest BCUT2D eigenvalue weighted by Crippen LogP contribution is -2.38. The molecule has 1 N–H and O–H groups in total. The number of thiazole rings is 1. The molecule has 0 radical (unpaired) electrons. The van der Waals surface area contributed by atoms with Crippen molar-refractivity contribution in [1.82, 2.24) is 15.2 Å². The summed E-state index contributed by atoms with van der Waals surface area (Å²) in [4.78, 5) is 12.0. The van der Waals surface area contributed by atoms with Crippen molar-refractivity contribution < 1.29 is 9.47 Å². The monoisotopic (exact) mass is 476 g/mol. The Kier molecular flexibility index (Phi) is 8.98. The summed E-state index contributed by atoms with van der Waals surface area (Å²) in [7, 11) is 7.08. The minimum Gasteiger partial charge on any atom is -0.497 e. The summed E-state index contributed by atoms with van der Waals surface area (Å²) >= 11 is 1.69. The van der Waals surface area contributed by atoms with Crippen LogP contribution < -0.4 is 14.8 Å². The molecule has 0 aliphatic heterocycles. The first-order chi connectivity index (χ1) is 11.6. The molecule has 2 rings (SSSR count). The van der Waals surface area contributed by atoms with Crippen LogP contribution in [-0.4, -0.2) is 44.2 Å². The number of methoxy groups -OCH3 is 2. The highest BCUT2D eigenvalue weighted by Crippen LogP contribution is 2.25. The summed E-state index contributed by atoms with van der Waals surface area (Å²) in [5.41, 5.74) is 1.06. The van der Waals surface area contributed by atoms with Crippen molar-refractivity contribution in [2.45, 2.75) is 20.0 Å². The van der Waals surface area contributed by atoms with Crippen LogP contribution in [0.3, 0.4) is 0 Å². The van der Waals surface area contributed by atoms with Crippen molar-refractivity contribution in [3.05, 3.63) is 39.8 Å². The molecule has 0 saturated heterocycles. The minimum absolute atomic E-state index is 0. The lowest BCUT2D eigenvalue weighted by molar-refractivity contribution is 0.382. The van der Waals surface area contributed by atoms with E-state index in [4.69, 9.17) is 9.47 Å². The van der Waals surface area contributed by atoms with E-state index in [0.717, 1.165) is 28.0 Å². The smallest absolute Gasteiger partial charge is 0.194 e. The second-order valence-corrected chi connectivity index (χ2v) is 6.62. The van der Waals surface area contributed by atoms with Gasteiger partial charge in [0.25, 0.3) is 0 Å². The molecule has 8 heteroatoms. The summed E-state index contributed by atoms with van der Waals surface area (Å²) in [6.45, 7) is 3.39. The van der Waals surface area contributed by atoms with Gasteiger partial charge in [0.15, 0.2) is 5.96 Å². The van der Waals surface area contributed by atoms with Crippen LogP contribution in [-0.2, 0) is 13.1 Å². The molecule has 1 heterocycles. The van der Waals surface area contributed by atoms with Gasteiger partial charge in [0.05, 0.1) is 20.8 Å². The quantitative estimate of drug-likeness (QED) is 0.394. The van der Waals surface area contributed by atoms with Gasteiger partial charge in [-0.05, 0) is 19.1 Å². The van der Waals surface area contributed by atoms with Gasteiger partial charge in [-0.25, -0.2) is 4.98 Å². The number of halogens is 1. The van der Waals surface area contributed by atoms with Crippen LogP contribution >= 0.6 is 35.3 Å². The predicted molar refractivity (Wildman–Crippen MR) is 113 cm³/mol. The zero-order valence-corrected chi connectivity index (χ0v) is 18.3. The van der Waals surface area contributed by atoms with E-state index >= 15 is 0 Å². The van der Waals surface area contributed by atoms with Gasteiger partial charge in [0.2, 0.25) is 0 Å². The maximum absolute atomic E-state index is 5.46. The average Bonchev–Trinajstić information content (AvgIpc) is 3.01. The molecule has 0 fully saturated rings. The Labute approximate surface area is 170 Å². The molecule has 1 aromatic carbocycles. The largest absolute Gasteiger partial charge is 0.497 e. The number of aliphatic imine (C=N–C) groups is 1. The Morgan fingerprint density at radius 2 is 2.08 bits per heavy atom. The number of benzene rings is 1. The van der Waals surface area contributed by atoms with E-state index in [-0.39, 0.29) is 24.0 Å². The zero-order valence-electron chi connectivity index (χ0n) is 15.2. The zero-order chi connectivity index (χ0) is 17.5. The van der Waals surface area contributed by atoms with Gasteiger partial charge in [-0.1, -0.05) is 0 Å². The van der Waals surface area contributed by atoms with Crippen LogP contribution in [0, 0.1) is 6.92 Å². The summed E-state index contributed by atoms with van der Waals surface area (Å²) in [5.74, 6) is 2.38. The first kappa shape index (κ1) is 21.5. The van der Waals surface area contributed by atoms with Crippen LogP contribution in [0.2, 0.25) is 0 Å². The highest BCUT2D eigenvalue weighted by Gasteiger charge is 2.11. The van der Waals surface area contributed by atoms with Crippen LogP contribution in [0.5, 0.6) is 11.5 Å². The Hall–Kier alpha value is -1.55. The van der Waals surface area contributed by atoms with Crippen molar-refractivity contribution in [3.63, 3.8) is 0 Å². The van der Waals surface area contributed by atoms with Crippen molar-refractivity contribution in [2.75, 3.05) is 28.3 Å². The van der Waals surface area contributed by atoms with Crippen molar-refractivity contribution in [2.24, 2.45) is 4.99 Å². The van der Waals surface area contributed by atoms with Crippen LogP contribution in [0.15, 0.2) is 29.4 Å². The Balaban J connectivity index is 0.00000312. The topological polar surface area (TPSA) is 59.0 Å². The summed E-state index contributed by atoms with van der Waals surface area (Å²) in [5, 5.41) is 4.38. The molecule has 6 nitrogen and oxygen atoms in total. The molecule has 1 aromatic heterocycles. The number of hydrogen-bond donors (Lipinski definition) is 1. The molecule has 2 aromatic rings. The predicted octanol–water partition coefficient (Wildman–Crippen LogP) is 3.29. The second kappa shape index (κ2) is 10.4. The van der Waals surface area contributed by atoms with Gasteiger partial charge in [0.1, 0.15) is 16.5 Å². The molecule has 0 amide bonds. The third-order valence-corrected chi connectivity index (χ3v) is 4.45. The lowest BCUT2D eigenvalue weighted by Gasteiger charge is -2.23. The van der Waals surface area contributed by atoms with E-state index in [0.29, 0.717) is 13.1 Å². The average molecular weight is 476 g/mol. The number of hydrogen-bond acceptors (Lipinski definition) is 5. The lowest BCUT2D eigenvalue weighted by atomic mass is 10.2. The fourth-order valence-corrected chi connectivity index (χ4v) is 3.06. The molecule has 0 unspecified atom stereocenters. The van der Waals surface area contributed by atoms with Gasteiger partial charge in [-0.3, -0.25) is 4.99 Å². The minimum atomic E-state index is 0. The molecule has 0 atom stereocenters. The molecule has 0 bridgehead atoms. The van der Waals surface area contributed by atoms with E-state index in [2.05, 4.69) is 22.2 Å². The van der Waals surface area contributed by atoms with Crippen molar-refractivity contribution in [1.29, 1.82) is 0 Å². The number of guanidine groups is 1. The molecular weight excluding hydrogens is 451 g/mol. The maximum Gasteiger partial charge on any atom is 0.194 e. The number of aryl methyl sites for hydroxylation is 1. The van der Waals surface area contributed by atoms with Crippen LogP contribution in [0.25, 0.3) is 0 Å². The van der Waals surface area contributed by atoms with Crippen LogP contribution in [0.1, 0.15) is 15.4 Å². The fraction of sp³-hybridized carbons (Fsp3) is 0.412. The van der Waals surface area contributed by atoms with Gasteiger partial charge in [0, 0.05) is 43.3 Å². The SMILES string of the molecule is CN=C(NCc1ncc(C)s1)N(C)Cc1ccc(OC)cc1OC.I. The summed E-state index contributed by atoms with van der Waals surface area (Å²) in [6.07, 6.45) is 1.89. The van der Waals surface area contributed by atoms with Gasteiger partial charge >= 0.3 is 0 Å². The number of nitrogens with one attached hydrogen (secondary N) is 1. The molecule has 25 heavy (non-hydrogen) atoms. The van der Waals surface area contributed by atoms with Crippen molar-refractivity contribution >= 4 is 41.3 Å². The Morgan fingerprint density at radius 1 is 1.32 bits per heavy atom. The summed E-state index contributed by atoms with van der Waals surface area (Å²) in [6, 6.07) is 5.82. The highest BCUT2D eigenvalue weighted by atomic mass is 127. The van der Waals surface area contributed by atoms with E-state index in [1.54, 1.807) is 32.6 Å². The van der Waals surface area contributed by atoms with Crippen molar-refractivity contribution in [3.8, 4) is 11.5 Å². The molecule has 0 spiro atoms. The van der Waals surface area contributed by atoms with Crippen LogP contribution in [0.4, 0.5) is 0 Å². The molecule has 0 aliphatic rings. The fourth-order valence-electron chi connectivity index (χ4n) is 2.34. The first-order valence-electron chi connectivity index (χ1n) is 7.61. The highest BCUT2D eigenvalue weighted by molar-refractivity contribution is 14.0. The molecule has 138 valence electrons. The number of ether oxygens (including phenoxy) is 2. The Morgan fingerprint density at radius 3 is 2.64 bits per heavy atom. The molecule has 0 saturated carbocycles. The molecule has 0 aliphatic carbocycles. The Bertz CT molecular complexity index is 706. The van der Waals surface area contributed by atoms with E-state index in [1.165, 1.54) is 4.88 Å². The first-order valence-corrected chi connectivity index (χ1v) is 8.43. The summed E-state index contributed by atoms with van der Waals surface area (Å²) < 4.78 is 10.7. The second-order valence-electron chi connectivity index (χ2n) is 5.30.